The molecule has 2 aromatic rings. The lowest BCUT2D eigenvalue weighted by molar-refractivity contribution is -0.305. The van der Waals surface area contributed by atoms with Gasteiger partial charge in [-0.2, -0.15) is 0 Å². The molecule has 0 saturated carbocycles. The second-order valence-corrected chi connectivity index (χ2v) is 8.60. The van der Waals surface area contributed by atoms with E-state index in [-0.39, 0.29) is 23.6 Å². The topological polar surface area (TPSA) is 107 Å². The molecule has 154 valence electrons. The largest absolute Gasteiger partial charge is 0.550 e. The SMILES string of the molecule is COc1ccc(N(C)S(=O)(=O)c2ccc3c(c2)CCN3C(=O)CCC(=O)[O-])cc1. The van der Waals surface area contributed by atoms with E-state index >= 15 is 0 Å². The number of carboxylic acid groups (broad SMARTS) is 1. The number of anilines is 2. The van der Waals surface area contributed by atoms with Crippen molar-refractivity contribution in [3.05, 3.63) is 48.0 Å². The van der Waals surface area contributed by atoms with E-state index in [1.165, 1.54) is 29.4 Å². The van der Waals surface area contributed by atoms with Crippen LogP contribution in [0.25, 0.3) is 0 Å². The molecule has 0 fully saturated rings. The Bertz CT molecular complexity index is 1030. The van der Waals surface area contributed by atoms with Gasteiger partial charge in [-0.05, 0) is 60.9 Å². The van der Waals surface area contributed by atoms with Gasteiger partial charge in [0.2, 0.25) is 5.91 Å². The van der Waals surface area contributed by atoms with E-state index in [0.717, 1.165) is 5.56 Å². The minimum atomic E-state index is -3.79. The Balaban J connectivity index is 1.83. The molecule has 0 bridgehead atoms. The fourth-order valence-corrected chi connectivity index (χ4v) is 4.48. The standard InChI is InChI=1S/C20H22N2O6S/c1-21(15-3-5-16(28-2)6-4-15)29(26,27)17-7-8-18-14(13-17)11-12-22(18)19(23)9-10-20(24)25/h3-8,13H,9-12H2,1-2H3,(H,24,25)/p-1. The van der Waals surface area contributed by atoms with Gasteiger partial charge in [0.05, 0.1) is 17.7 Å². The van der Waals surface area contributed by atoms with Gasteiger partial charge in [-0.25, -0.2) is 8.42 Å². The lowest BCUT2D eigenvalue weighted by atomic mass is 10.2. The summed E-state index contributed by atoms with van der Waals surface area (Å²) in [7, 11) is -0.783. The number of carbonyl (C=O) groups excluding carboxylic acids is 2. The molecule has 2 aromatic carbocycles. The van der Waals surface area contributed by atoms with Gasteiger partial charge in [0, 0.05) is 31.7 Å². The summed E-state index contributed by atoms with van der Waals surface area (Å²) in [4.78, 5) is 24.4. The number of amides is 1. The number of carboxylic acids is 1. The van der Waals surface area contributed by atoms with Crippen LogP contribution in [0.4, 0.5) is 11.4 Å². The molecule has 9 heteroatoms. The zero-order chi connectivity index (χ0) is 21.2. The molecule has 29 heavy (non-hydrogen) atoms. The van der Waals surface area contributed by atoms with E-state index in [4.69, 9.17) is 4.74 Å². The van der Waals surface area contributed by atoms with E-state index in [2.05, 4.69) is 0 Å². The summed E-state index contributed by atoms with van der Waals surface area (Å²) in [6.45, 7) is 0.388. The van der Waals surface area contributed by atoms with Gasteiger partial charge in [-0.3, -0.25) is 9.10 Å². The summed E-state index contributed by atoms with van der Waals surface area (Å²) < 4.78 is 32.3. The van der Waals surface area contributed by atoms with Crippen molar-refractivity contribution in [1.29, 1.82) is 0 Å². The Morgan fingerprint density at radius 3 is 2.45 bits per heavy atom. The third-order valence-electron chi connectivity index (χ3n) is 4.88. The smallest absolute Gasteiger partial charge is 0.264 e. The molecule has 1 aliphatic rings. The van der Waals surface area contributed by atoms with Crippen LogP contribution in [0.2, 0.25) is 0 Å². The Kier molecular flexibility index (Phi) is 5.78. The van der Waals surface area contributed by atoms with Crippen molar-refractivity contribution >= 4 is 33.3 Å². The fourth-order valence-electron chi connectivity index (χ4n) is 3.23. The molecule has 0 spiro atoms. The van der Waals surface area contributed by atoms with Crippen LogP contribution in [0.3, 0.4) is 0 Å². The molecular weight excluding hydrogens is 396 g/mol. The molecule has 0 N–H and O–H groups in total. The van der Waals surface area contributed by atoms with Crippen LogP contribution in [0.1, 0.15) is 18.4 Å². The zero-order valence-corrected chi connectivity index (χ0v) is 16.9. The van der Waals surface area contributed by atoms with Crippen LogP contribution in [-0.2, 0) is 26.0 Å². The molecule has 1 heterocycles. The summed E-state index contributed by atoms with van der Waals surface area (Å²) in [6, 6.07) is 11.3. The second kappa shape index (κ2) is 8.12. The van der Waals surface area contributed by atoms with Gasteiger partial charge in [0.15, 0.2) is 0 Å². The minimum Gasteiger partial charge on any atom is -0.550 e. The van der Waals surface area contributed by atoms with Crippen LogP contribution in [0, 0.1) is 0 Å². The van der Waals surface area contributed by atoms with Crippen LogP contribution in [0.15, 0.2) is 47.4 Å². The summed E-state index contributed by atoms with van der Waals surface area (Å²) in [5.74, 6) is -0.972. The highest BCUT2D eigenvalue weighted by Crippen LogP contribution is 2.32. The first-order chi connectivity index (χ1) is 13.7. The van der Waals surface area contributed by atoms with Crippen LogP contribution < -0.4 is 19.0 Å². The molecule has 3 rings (SSSR count). The first-order valence-corrected chi connectivity index (χ1v) is 10.4. The number of methoxy groups -OCH3 is 1. The van der Waals surface area contributed by atoms with Crippen LogP contribution in [0.5, 0.6) is 5.75 Å². The van der Waals surface area contributed by atoms with Crippen molar-refractivity contribution in [2.45, 2.75) is 24.2 Å². The maximum atomic E-state index is 13.0. The predicted molar refractivity (Wildman–Crippen MR) is 105 cm³/mol. The van der Waals surface area contributed by atoms with Gasteiger partial charge in [0.1, 0.15) is 5.75 Å². The van der Waals surface area contributed by atoms with Crippen molar-refractivity contribution in [1.82, 2.24) is 0 Å². The Hall–Kier alpha value is -3.07. The highest BCUT2D eigenvalue weighted by Gasteiger charge is 2.28. The summed E-state index contributed by atoms with van der Waals surface area (Å²) in [6.07, 6.45) is 0.00776. The molecule has 0 radical (unpaired) electrons. The fraction of sp³-hybridized carbons (Fsp3) is 0.300. The highest BCUT2D eigenvalue weighted by atomic mass is 32.2. The molecule has 0 aliphatic carbocycles. The van der Waals surface area contributed by atoms with E-state index < -0.39 is 16.0 Å². The first-order valence-electron chi connectivity index (χ1n) is 9.00. The number of nitrogens with zero attached hydrogens (tertiary/aromatic N) is 2. The second-order valence-electron chi connectivity index (χ2n) is 6.63. The molecular formula is C20H21N2O6S-. The molecule has 0 unspecified atom stereocenters. The number of sulfonamides is 1. The summed E-state index contributed by atoms with van der Waals surface area (Å²) >= 11 is 0. The van der Waals surface area contributed by atoms with E-state index in [1.54, 1.807) is 36.4 Å². The van der Waals surface area contributed by atoms with Crippen LogP contribution in [-0.4, -0.2) is 41.0 Å². The van der Waals surface area contributed by atoms with Gasteiger partial charge in [-0.1, -0.05) is 0 Å². The van der Waals surface area contributed by atoms with Gasteiger partial charge >= 0.3 is 0 Å². The maximum Gasteiger partial charge on any atom is 0.264 e. The Morgan fingerprint density at radius 1 is 1.14 bits per heavy atom. The van der Waals surface area contributed by atoms with Gasteiger partial charge < -0.3 is 19.5 Å². The van der Waals surface area contributed by atoms with E-state index in [0.29, 0.717) is 30.1 Å². The van der Waals surface area contributed by atoms with E-state index in [1.807, 2.05) is 0 Å². The average Bonchev–Trinajstić information content (AvgIpc) is 3.14. The number of hydrogen-bond acceptors (Lipinski definition) is 6. The number of carbonyl (C=O) groups is 2. The quantitative estimate of drug-likeness (QED) is 0.664. The molecule has 0 aromatic heterocycles. The van der Waals surface area contributed by atoms with Crippen molar-refractivity contribution < 1.29 is 27.9 Å². The molecule has 1 aliphatic heterocycles. The normalized spacial score (nSPS) is 13.1. The monoisotopic (exact) mass is 417 g/mol. The molecule has 1 amide bonds. The number of fused-ring (bicyclic) bond motifs is 1. The molecule has 8 nitrogen and oxygen atoms in total. The summed E-state index contributed by atoms with van der Waals surface area (Å²) in [5, 5.41) is 10.6. The van der Waals surface area contributed by atoms with Crippen molar-refractivity contribution in [3.63, 3.8) is 0 Å². The molecule has 0 atom stereocenters. The van der Waals surface area contributed by atoms with Gasteiger partial charge in [0.25, 0.3) is 10.0 Å². The maximum absolute atomic E-state index is 13.0. The third kappa shape index (κ3) is 4.19. The highest BCUT2D eigenvalue weighted by molar-refractivity contribution is 7.92. The lowest BCUT2D eigenvalue weighted by Crippen LogP contribution is -2.31. The van der Waals surface area contributed by atoms with Crippen LogP contribution >= 0.6 is 0 Å². The Labute approximate surface area is 169 Å². The van der Waals surface area contributed by atoms with Crippen molar-refractivity contribution in [3.8, 4) is 5.75 Å². The number of rotatable bonds is 7. The number of benzene rings is 2. The first kappa shape index (κ1) is 20.7. The molecule has 0 saturated heterocycles. The number of aliphatic carboxylic acids is 1. The average molecular weight is 417 g/mol. The Morgan fingerprint density at radius 2 is 1.83 bits per heavy atom. The number of ether oxygens (including phenoxy) is 1. The lowest BCUT2D eigenvalue weighted by Gasteiger charge is -2.21. The van der Waals surface area contributed by atoms with Gasteiger partial charge in [-0.15, -0.1) is 0 Å². The summed E-state index contributed by atoms with van der Waals surface area (Å²) in [5.41, 5.74) is 1.83. The zero-order valence-electron chi connectivity index (χ0n) is 16.1. The third-order valence-corrected chi connectivity index (χ3v) is 6.67. The number of hydrogen-bond donors (Lipinski definition) is 0. The van der Waals surface area contributed by atoms with Crippen molar-refractivity contribution in [2.75, 3.05) is 29.9 Å². The van der Waals surface area contributed by atoms with E-state index in [9.17, 15) is 23.1 Å². The predicted octanol–water partition coefficient (Wildman–Crippen LogP) is 0.939. The minimum absolute atomic E-state index is 0.124. The van der Waals surface area contributed by atoms with Crippen molar-refractivity contribution in [2.24, 2.45) is 0 Å².